The highest BCUT2D eigenvalue weighted by Gasteiger charge is 2.10. The monoisotopic (exact) mass is 457 g/mol. The Morgan fingerprint density at radius 1 is 1.07 bits per heavy atom. The number of nitrogens with zero attached hydrogens (tertiary/aromatic N) is 2. The lowest BCUT2D eigenvalue weighted by Crippen LogP contribution is -2.42. The summed E-state index contributed by atoms with van der Waals surface area (Å²) in [6.07, 6.45) is 2.90. The minimum atomic E-state index is -0.765. The van der Waals surface area contributed by atoms with Crippen molar-refractivity contribution in [1.29, 1.82) is 0 Å². The highest BCUT2D eigenvalue weighted by Crippen LogP contribution is 2.14. The lowest BCUT2D eigenvalue weighted by molar-refractivity contribution is -0.121. The number of amides is 1. The van der Waals surface area contributed by atoms with E-state index in [1.54, 1.807) is 24.3 Å². The van der Waals surface area contributed by atoms with E-state index in [-0.39, 0.29) is 12.5 Å². The number of carbonyl (C=O) groups is 1. The number of aromatic nitrogens is 2. The maximum absolute atomic E-state index is 12.5. The van der Waals surface area contributed by atoms with Gasteiger partial charge >= 0.3 is 11.1 Å². The van der Waals surface area contributed by atoms with Crippen LogP contribution < -0.4 is 21.2 Å². The van der Waals surface area contributed by atoms with Gasteiger partial charge in [0, 0.05) is 29.1 Å². The van der Waals surface area contributed by atoms with Crippen LogP contribution in [-0.4, -0.2) is 21.6 Å². The number of ether oxygens (including phenoxy) is 1. The zero-order chi connectivity index (χ0) is 20.8. The molecule has 0 radical (unpaired) electrons. The maximum Gasteiger partial charge on any atom is 0.320 e. The second-order valence-corrected chi connectivity index (χ2v) is 7.16. The van der Waals surface area contributed by atoms with Crippen molar-refractivity contribution in [1.82, 2.24) is 14.5 Å². The summed E-state index contributed by atoms with van der Waals surface area (Å²) in [6, 6.07) is 14.4. The first-order valence-electron chi connectivity index (χ1n) is 9.04. The zero-order valence-corrected chi connectivity index (χ0v) is 17.4. The summed E-state index contributed by atoms with van der Waals surface area (Å²) in [7, 11) is 0. The van der Waals surface area contributed by atoms with Gasteiger partial charge in [0.15, 0.2) is 0 Å². The first-order valence-corrected chi connectivity index (χ1v) is 9.83. The van der Waals surface area contributed by atoms with Gasteiger partial charge in [-0.1, -0.05) is 28.1 Å². The SMILES string of the molecule is CCOc1ccc(-n2ccn(CC(=O)NCc3cccc(Br)c3)c(=O)c2=O)cc1. The molecule has 0 saturated heterocycles. The van der Waals surface area contributed by atoms with Crippen molar-refractivity contribution in [3.63, 3.8) is 0 Å². The second-order valence-electron chi connectivity index (χ2n) is 6.24. The third-order valence-corrected chi connectivity index (χ3v) is 4.67. The number of carbonyl (C=O) groups excluding carboxylic acids is 1. The highest BCUT2D eigenvalue weighted by molar-refractivity contribution is 9.10. The fourth-order valence-corrected chi connectivity index (χ4v) is 3.21. The van der Waals surface area contributed by atoms with Crippen molar-refractivity contribution in [3.05, 3.63) is 91.7 Å². The molecule has 8 heteroatoms. The van der Waals surface area contributed by atoms with E-state index in [0.717, 1.165) is 14.6 Å². The number of rotatable bonds is 7. The number of hydrogen-bond acceptors (Lipinski definition) is 4. The average Bonchev–Trinajstić information content (AvgIpc) is 2.71. The van der Waals surface area contributed by atoms with Gasteiger partial charge in [-0.3, -0.25) is 23.5 Å². The summed E-state index contributed by atoms with van der Waals surface area (Å²) < 4.78 is 8.63. The van der Waals surface area contributed by atoms with Crippen molar-refractivity contribution in [2.45, 2.75) is 20.0 Å². The fraction of sp³-hybridized carbons (Fsp3) is 0.190. The van der Waals surface area contributed by atoms with Gasteiger partial charge in [-0.05, 0) is 48.9 Å². The van der Waals surface area contributed by atoms with Gasteiger partial charge in [-0.25, -0.2) is 0 Å². The third kappa shape index (κ3) is 5.23. The molecule has 0 aliphatic rings. The lowest BCUT2D eigenvalue weighted by Gasteiger charge is -2.10. The van der Waals surface area contributed by atoms with Crippen LogP contribution in [-0.2, 0) is 17.9 Å². The van der Waals surface area contributed by atoms with Gasteiger partial charge in [0.05, 0.1) is 6.61 Å². The van der Waals surface area contributed by atoms with E-state index in [2.05, 4.69) is 21.2 Å². The van der Waals surface area contributed by atoms with Crippen molar-refractivity contribution in [2.75, 3.05) is 6.61 Å². The Morgan fingerprint density at radius 3 is 2.52 bits per heavy atom. The van der Waals surface area contributed by atoms with E-state index in [9.17, 15) is 14.4 Å². The molecule has 3 aromatic rings. The molecule has 0 atom stereocenters. The molecule has 0 saturated carbocycles. The molecular weight excluding hydrogens is 438 g/mol. The largest absolute Gasteiger partial charge is 0.494 e. The molecule has 0 bridgehead atoms. The summed E-state index contributed by atoms with van der Waals surface area (Å²) in [5, 5.41) is 2.74. The van der Waals surface area contributed by atoms with Crippen LogP contribution in [0.15, 0.2) is 75.0 Å². The molecule has 1 N–H and O–H groups in total. The van der Waals surface area contributed by atoms with Crippen LogP contribution >= 0.6 is 15.9 Å². The van der Waals surface area contributed by atoms with Gasteiger partial charge < -0.3 is 10.1 Å². The molecule has 1 heterocycles. The Kier molecular flexibility index (Phi) is 6.66. The summed E-state index contributed by atoms with van der Waals surface area (Å²) in [4.78, 5) is 37.0. The van der Waals surface area contributed by atoms with Gasteiger partial charge in [0.2, 0.25) is 5.91 Å². The highest BCUT2D eigenvalue weighted by atomic mass is 79.9. The van der Waals surface area contributed by atoms with Crippen LogP contribution in [0.4, 0.5) is 0 Å². The molecule has 3 rings (SSSR count). The first-order chi connectivity index (χ1) is 14.0. The number of halogens is 1. The minimum absolute atomic E-state index is 0.230. The molecule has 1 aromatic heterocycles. The zero-order valence-electron chi connectivity index (χ0n) is 15.8. The minimum Gasteiger partial charge on any atom is -0.494 e. The Bertz CT molecular complexity index is 1120. The Hall–Kier alpha value is -3.13. The van der Waals surface area contributed by atoms with Gasteiger partial charge in [-0.15, -0.1) is 0 Å². The average molecular weight is 458 g/mol. The van der Waals surface area contributed by atoms with E-state index in [1.807, 2.05) is 31.2 Å². The molecule has 150 valence electrons. The van der Waals surface area contributed by atoms with Gasteiger partial charge in [0.1, 0.15) is 12.3 Å². The van der Waals surface area contributed by atoms with Crippen molar-refractivity contribution >= 4 is 21.8 Å². The predicted molar refractivity (Wildman–Crippen MR) is 113 cm³/mol. The first kappa shape index (κ1) is 20.6. The molecular formula is C21H20BrN3O4. The number of nitrogens with one attached hydrogen (secondary N) is 1. The molecule has 0 unspecified atom stereocenters. The van der Waals surface area contributed by atoms with Crippen LogP contribution in [0.2, 0.25) is 0 Å². The van der Waals surface area contributed by atoms with E-state index >= 15 is 0 Å². The van der Waals surface area contributed by atoms with Crippen LogP contribution in [0.1, 0.15) is 12.5 Å². The Balaban J connectivity index is 1.71. The summed E-state index contributed by atoms with van der Waals surface area (Å²) in [5.74, 6) is 0.324. The maximum atomic E-state index is 12.5. The summed E-state index contributed by atoms with van der Waals surface area (Å²) in [5.41, 5.74) is -0.0248. The molecule has 2 aromatic carbocycles. The molecule has 0 aliphatic heterocycles. The van der Waals surface area contributed by atoms with E-state index in [4.69, 9.17) is 4.74 Å². The van der Waals surface area contributed by atoms with Crippen LogP contribution in [0.3, 0.4) is 0 Å². The number of benzene rings is 2. The molecule has 0 fully saturated rings. The van der Waals surface area contributed by atoms with E-state index in [0.29, 0.717) is 24.6 Å². The molecule has 0 aliphatic carbocycles. The lowest BCUT2D eigenvalue weighted by atomic mass is 10.2. The Morgan fingerprint density at radius 2 is 1.83 bits per heavy atom. The summed E-state index contributed by atoms with van der Waals surface area (Å²) in [6.45, 7) is 2.52. The quantitative estimate of drug-likeness (QED) is 0.552. The molecule has 7 nitrogen and oxygen atoms in total. The van der Waals surface area contributed by atoms with Gasteiger partial charge in [0.25, 0.3) is 0 Å². The predicted octanol–water partition coefficient (Wildman–Crippen LogP) is 2.48. The molecule has 29 heavy (non-hydrogen) atoms. The van der Waals surface area contributed by atoms with Gasteiger partial charge in [-0.2, -0.15) is 0 Å². The topological polar surface area (TPSA) is 82.3 Å². The molecule has 0 spiro atoms. The van der Waals surface area contributed by atoms with E-state index in [1.165, 1.54) is 17.0 Å². The fourth-order valence-electron chi connectivity index (χ4n) is 2.76. The summed E-state index contributed by atoms with van der Waals surface area (Å²) >= 11 is 3.38. The molecule has 1 amide bonds. The van der Waals surface area contributed by atoms with Crippen LogP contribution in [0, 0.1) is 0 Å². The number of hydrogen-bond donors (Lipinski definition) is 1. The second kappa shape index (κ2) is 9.38. The third-order valence-electron chi connectivity index (χ3n) is 4.18. The Labute approximate surface area is 175 Å². The van der Waals surface area contributed by atoms with Crippen molar-refractivity contribution in [2.24, 2.45) is 0 Å². The van der Waals surface area contributed by atoms with Crippen LogP contribution in [0.25, 0.3) is 5.69 Å². The van der Waals surface area contributed by atoms with E-state index < -0.39 is 11.1 Å². The normalized spacial score (nSPS) is 10.6. The standard InChI is InChI=1S/C21H20BrN3O4/c1-2-29-18-8-6-17(7-9-18)25-11-10-24(20(27)21(25)28)14-19(26)23-13-15-4-3-5-16(22)12-15/h3-12H,2,13-14H2,1H3,(H,23,26). The van der Waals surface area contributed by atoms with Crippen molar-refractivity contribution < 1.29 is 9.53 Å². The smallest absolute Gasteiger partial charge is 0.320 e. The van der Waals surface area contributed by atoms with Crippen molar-refractivity contribution in [3.8, 4) is 11.4 Å². The van der Waals surface area contributed by atoms with Crippen LogP contribution in [0.5, 0.6) is 5.75 Å².